The average molecular weight is 342 g/mol. The minimum atomic E-state index is -2.93. The zero-order chi connectivity index (χ0) is 17.0. The minimum absolute atomic E-state index is 0.0446. The molecule has 0 radical (unpaired) electrons. The Morgan fingerprint density at radius 1 is 1.43 bits per heavy atom. The quantitative estimate of drug-likeness (QED) is 0.847. The maximum absolute atomic E-state index is 12.2. The predicted octanol–water partition coefficient (Wildman–Crippen LogP) is 2.82. The second-order valence-corrected chi connectivity index (χ2v) is 6.03. The van der Waals surface area contributed by atoms with Crippen LogP contribution in [-0.2, 0) is 0 Å². The van der Waals surface area contributed by atoms with E-state index in [1.807, 2.05) is 0 Å². The van der Waals surface area contributed by atoms with E-state index in [4.69, 9.17) is 0 Å². The van der Waals surface area contributed by atoms with E-state index in [1.165, 1.54) is 29.5 Å². The molecule has 1 aromatic heterocycles. The Morgan fingerprint density at radius 3 is 2.78 bits per heavy atom. The fraction of sp³-hybridized carbons (Fsp3) is 0.333. The molecule has 8 heteroatoms. The van der Waals surface area contributed by atoms with Crippen molar-refractivity contribution in [2.24, 2.45) is 0 Å². The number of aliphatic hydroxyl groups is 1. The summed E-state index contributed by atoms with van der Waals surface area (Å²) in [5, 5.41) is 13.5. The number of aromatic nitrogens is 1. The second-order valence-electron chi connectivity index (χ2n) is 4.82. The molecule has 0 spiro atoms. The van der Waals surface area contributed by atoms with Gasteiger partial charge in [0.1, 0.15) is 10.6 Å². The number of hydrogen-bond donors (Lipinski definition) is 2. The van der Waals surface area contributed by atoms with Gasteiger partial charge in [0.25, 0.3) is 5.91 Å². The SMILES string of the molecule is Cc1nc(C)c(C(=O)NCC(O)c2cccc(OC(F)F)c2)s1. The highest BCUT2D eigenvalue weighted by molar-refractivity contribution is 7.13. The van der Waals surface area contributed by atoms with Crippen LogP contribution >= 0.6 is 11.3 Å². The van der Waals surface area contributed by atoms with Crippen LogP contribution < -0.4 is 10.1 Å². The van der Waals surface area contributed by atoms with E-state index in [0.717, 1.165) is 5.01 Å². The molecular weight excluding hydrogens is 326 g/mol. The first-order valence-electron chi connectivity index (χ1n) is 6.82. The van der Waals surface area contributed by atoms with Gasteiger partial charge in [0, 0.05) is 6.54 Å². The van der Waals surface area contributed by atoms with Gasteiger partial charge in [0.05, 0.1) is 16.8 Å². The number of benzene rings is 1. The molecule has 0 saturated heterocycles. The number of ether oxygens (including phenoxy) is 1. The van der Waals surface area contributed by atoms with Crippen molar-refractivity contribution < 1.29 is 23.4 Å². The molecule has 2 aromatic rings. The highest BCUT2D eigenvalue weighted by atomic mass is 32.1. The highest BCUT2D eigenvalue weighted by Gasteiger charge is 2.16. The summed E-state index contributed by atoms with van der Waals surface area (Å²) in [4.78, 5) is 16.7. The van der Waals surface area contributed by atoms with Gasteiger partial charge in [0.15, 0.2) is 0 Å². The highest BCUT2D eigenvalue weighted by Crippen LogP contribution is 2.21. The first kappa shape index (κ1) is 17.3. The predicted molar refractivity (Wildman–Crippen MR) is 82.0 cm³/mol. The third-order valence-electron chi connectivity index (χ3n) is 3.03. The van der Waals surface area contributed by atoms with Gasteiger partial charge < -0.3 is 15.2 Å². The number of aliphatic hydroxyl groups excluding tert-OH is 1. The number of hydrogen-bond acceptors (Lipinski definition) is 5. The molecule has 5 nitrogen and oxygen atoms in total. The fourth-order valence-corrected chi connectivity index (χ4v) is 2.86. The zero-order valence-corrected chi connectivity index (χ0v) is 13.4. The van der Waals surface area contributed by atoms with E-state index < -0.39 is 12.7 Å². The fourth-order valence-electron chi connectivity index (χ4n) is 2.03. The van der Waals surface area contributed by atoms with Crippen molar-refractivity contribution in [3.8, 4) is 5.75 Å². The normalized spacial score (nSPS) is 12.3. The average Bonchev–Trinajstić information content (AvgIpc) is 2.83. The van der Waals surface area contributed by atoms with Gasteiger partial charge >= 0.3 is 6.61 Å². The Hall–Kier alpha value is -2.06. The van der Waals surface area contributed by atoms with Crippen molar-refractivity contribution in [2.45, 2.75) is 26.6 Å². The van der Waals surface area contributed by atoms with Crippen LogP contribution in [-0.4, -0.2) is 29.2 Å². The molecule has 0 fully saturated rings. The van der Waals surface area contributed by atoms with Crippen molar-refractivity contribution in [1.29, 1.82) is 0 Å². The number of carbonyl (C=O) groups excluding carboxylic acids is 1. The Morgan fingerprint density at radius 2 is 2.17 bits per heavy atom. The number of nitrogens with zero attached hydrogens (tertiary/aromatic N) is 1. The Balaban J connectivity index is 1.98. The topological polar surface area (TPSA) is 71.5 Å². The second kappa shape index (κ2) is 7.47. The molecule has 1 aromatic carbocycles. The molecule has 0 aliphatic carbocycles. The summed E-state index contributed by atoms with van der Waals surface area (Å²) >= 11 is 1.27. The third-order valence-corrected chi connectivity index (χ3v) is 4.11. The molecule has 1 atom stereocenters. The van der Waals surface area contributed by atoms with Crippen molar-refractivity contribution >= 4 is 17.2 Å². The molecule has 1 heterocycles. The summed E-state index contributed by atoms with van der Waals surface area (Å²) < 4.78 is 28.7. The van der Waals surface area contributed by atoms with Gasteiger partial charge in [-0.2, -0.15) is 8.78 Å². The number of aryl methyl sites for hydroxylation is 2. The molecule has 0 bridgehead atoms. The number of alkyl halides is 2. The summed E-state index contributed by atoms with van der Waals surface area (Å²) in [6.07, 6.45) is -1.03. The maximum atomic E-state index is 12.2. The number of carbonyl (C=O) groups is 1. The van der Waals surface area contributed by atoms with Gasteiger partial charge in [-0.15, -0.1) is 11.3 Å². The zero-order valence-electron chi connectivity index (χ0n) is 12.5. The number of amides is 1. The van der Waals surface area contributed by atoms with Crippen LogP contribution in [0.25, 0.3) is 0 Å². The van der Waals surface area contributed by atoms with Crippen LogP contribution in [0.2, 0.25) is 0 Å². The van der Waals surface area contributed by atoms with E-state index >= 15 is 0 Å². The van der Waals surface area contributed by atoms with Crippen molar-refractivity contribution in [1.82, 2.24) is 10.3 Å². The van der Waals surface area contributed by atoms with Gasteiger partial charge in [-0.3, -0.25) is 4.79 Å². The van der Waals surface area contributed by atoms with E-state index in [1.54, 1.807) is 19.9 Å². The van der Waals surface area contributed by atoms with Gasteiger partial charge in [-0.25, -0.2) is 4.98 Å². The largest absolute Gasteiger partial charge is 0.435 e. The van der Waals surface area contributed by atoms with Gasteiger partial charge in [-0.05, 0) is 31.5 Å². The lowest BCUT2D eigenvalue weighted by atomic mass is 10.1. The summed E-state index contributed by atoms with van der Waals surface area (Å²) in [6.45, 7) is 0.560. The first-order valence-corrected chi connectivity index (χ1v) is 7.63. The summed E-state index contributed by atoms with van der Waals surface area (Å²) in [5.41, 5.74) is 1.01. The van der Waals surface area contributed by atoms with Crippen LogP contribution in [0.4, 0.5) is 8.78 Å². The molecule has 0 aliphatic heterocycles. The monoisotopic (exact) mass is 342 g/mol. The number of halogens is 2. The van der Waals surface area contributed by atoms with Crippen molar-refractivity contribution in [3.63, 3.8) is 0 Å². The smallest absolute Gasteiger partial charge is 0.387 e. The molecular formula is C15H16F2N2O3S. The van der Waals surface area contributed by atoms with Gasteiger partial charge in [-0.1, -0.05) is 12.1 Å². The summed E-state index contributed by atoms with van der Waals surface area (Å²) in [6, 6.07) is 5.74. The van der Waals surface area contributed by atoms with Gasteiger partial charge in [0.2, 0.25) is 0 Å². The van der Waals surface area contributed by atoms with Crippen LogP contribution in [0.1, 0.15) is 32.0 Å². The number of rotatable bonds is 6. The lowest BCUT2D eigenvalue weighted by Crippen LogP contribution is -2.28. The van der Waals surface area contributed by atoms with E-state index in [-0.39, 0.29) is 18.2 Å². The van der Waals surface area contributed by atoms with Crippen molar-refractivity contribution in [3.05, 3.63) is 45.4 Å². The van der Waals surface area contributed by atoms with Crippen LogP contribution in [0, 0.1) is 13.8 Å². The van der Waals surface area contributed by atoms with Crippen LogP contribution in [0.5, 0.6) is 5.75 Å². The molecule has 2 rings (SSSR count). The molecule has 124 valence electrons. The Labute approximate surface area is 135 Å². The summed E-state index contributed by atoms with van der Waals surface area (Å²) in [7, 11) is 0. The first-order chi connectivity index (χ1) is 10.9. The van der Waals surface area contributed by atoms with Crippen molar-refractivity contribution in [2.75, 3.05) is 6.54 Å². The van der Waals surface area contributed by atoms with E-state index in [9.17, 15) is 18.7 Å². The Bertz CT molecular complexity index is 691. The lowest BCUT2D eigenvalue weighted by molar-refractivity contribution is -0.0499. The molecule has 23 heavy (non-hydrogen) atoms. The minimum Gasteiger partial charge on any atom is -0.435 e. The molecule has 0 aliphatic rings. The van der Waals surface area contributed by atoms with E-state index in [2.05, 4.69) is 15.0 Å². The standard InChI is InChI=1S/C15H16F2N2O3S/c1-8-13(23-9(2)19-8)14(21)18-7-12(20)10-4-3-5-11(6-10)22-15(16)17/h3-6,12,15,20H,7H2,1-2H3,(H,18,21). The third kappa shape index (κ3) is 4.70. The molecule has 0 saturated carbocycles. The lowest BCUT2D eigenvalue weighted by Gasteiger charge is -2.13. The number of thiazole rings is 1. The molecule has 2 N–H and O–H groups in total. The summed E-state index contributed by atoms with van der Waals surface area (Å²) in [5.74, 6) is -0.371. The molecule has 1 unspecified atom stereocenters. The number of nitrogens with one attached hydrogen (secondary N) is 1. The van der Waals surface area contributed by atoms with E-state index in [0.29, 0.717) is 16.1 Å². The van der Waals surface area contributed by atoms with Crippen LogP contribution in [0.15, 0.2) is 24.3 Å². The maximum Gasteiger partial charge on any atom is 0.387 e. The Kier molecular flexibility index (Phi) is 5.62. The molecule has 1 amide bonds. The van der Waals surface area contributed by atoms with Crippen LogP contribution in [0.3, 0.4) is 0 Å².